The minimum absolute atomic E-state index is 0.116. The zero-order valence-corrected chi connectivity index (χ0v) is 18.9. The van der Waals surface area contributed by atoms with Crippen molar-refractivity contribution < 1.29 is 28.2 Å². The summed E-state index contributed by atoms with van der Waals surface area (Å²) in [5.41, 5.74) is 0.879. The van der Waals surface area contributed by atoms with Crippen LogP contribution in [0.4, 0.5) is 8.78 Å². The van der Waals surface area contributed by atoms with Crippen molar-refractivity contribution >= 4 is 16.9 Å². The summed E-state index contributed by atoms with van der Waals surface area (Å²) in [7, 11) is 2.88. The van der Waals surface area contributed by atoms with E-state index in [1.165, 1.54) is 23.9 Å². The second-order valence-electron chi connectivity index (χ2n) is 9.14. The van der Waals surface area contributed by atoms with Crippen LogP contribution in [0.3, 0.4) is 0 Å². The number of hydrogen-bond donors (Lipinski definition) is 1. The number of fused-ring (bicyclic) bond motifs is 5. The van der Waals surface area contributed by atoms with Crippen LogP contribution in [0.15, 0.2) is 29.2 Å². The van der Waals surface area contributed by atoms with E-state index in [1.807, 2.05) is 20.8 Å². The van der Waals surface area contributed by atoms with Gasteiger partial charge >= 0.3 is 12.6 Å². The first-order chi connectivity index (χ1) is 15.5. The maximum Gasteiger partial charge on any atom is 0.387 e. The van der Waals surface area contributed by atoms with Gasteiger partial charge in [-0.2, -0.15) is 8.78 Å². The molecule has 0 saturated carbocycles. The number of carboxylic acid groups (broad SMARTS) is 1. The number of carbonyl (C=O) groups is 1. The van der Waals surface area contributed by atoms with Crippen LogP contribution in [0.5, 0.6) is 11.6 Å². The van der Waals surface area contributed by atoms with Gasteiger partial charge in [-0.3, -0.25) is 9.78 Å². The maximum absolute atomic E-state index is 13.5. The molecule has 0 radical (unpaired) electrons. The first kappa shape index (κ1) is 22.7. The summed E-state index contributed by atoms with van der Waals surface area (Å²) in [6, 6.07) is 4.95. The van der Waals surface area contributed by atoms with E-state index in [9.17, 15) is 23.5 Å². The van der Waals surface area contributed by atoms with Crippen LogP contribution in [0.2, 0.25) is 0 Å². The number of carboxylic acids is 1. The summed E-state index contributed by atoms with van der Waals surface area (Å²) in [6.45, 7) is 2.87. The third-order valence-corrected chi connectivity index (χ3v) is 6.23. The molecule has 1 aliphatic rings. The fourth-order valence-electron chi connectivity index (χ4n) is 4.81. The fourth-order valence-corrected chi connectivity index (χ4v) is 4.81. The number of methoxy groups -OCH3 is 1. The van der Waals surface area contributed by atoms with Crippen molar-refractivity contribution in [2.24, 2.45) is 12.5 Å². The average molecular weight is 458 g/mol. The van der Waals surface area contributed by atoms with Crippen LogP contribution < -0.4 is 14.9 Å². The van der Waals surface area contributed by atoms with Crippen molar-refractivity contribution in [1.82, 2.24) is 9.55 Å². The second-order valence-corrected chi connectivity index (χ2v) is 9.14. The Kier molecular flexibility index (Phi) is 5.38. The molecule has 1 unspecified atom stereocenters. The summed E-state index contributed by atoms with van der Waals surface area (Å²) in [6.07, 6.45) is 1.91. The molecular weight excluding hydrogens is 434 g/mol. The Bertz CT molecular complexity index is 1340. The molecule has 0 aliphatic heterocycles. The van der Waals surface area contributed by atoms with Crippen LogP contribution in [0.1, 0.15) is 48.2 Å². The number of aromatic carboxylic acids is 1. The van der Waals surface area contributed by atoms with Gasteiger partial charge in [-0.1, -0.05) is 26.8 Å². The molecule has 9 heteroatoms. The molecule has 4 rings (SSSR count). The van der Waals surface area contributed by atoms with Gasteiger partial charge in [0.15, 0.2) is 11.3 Å². The Hall–Kier alpha value is -3.49. The van der Waals surface area contributed by atoms with Crippen LogP contribution in [0, 0.1) is 5.41 Å². The molecule has 3 aromatic rings. The van der Waals surface area contributed by atoms with E-state index in [0.29, 0.717) is 34.1 Å². The lowest BCUT2D eigenvalue weighted by Crippen LogP contribution is -2.35. The van der Waals surface area contributed by atoms with Crippen molar-refractivity contribution in [3.63, 3.8) is 0 Å². The van der Waals surface area contributed by atoms with Crippen molar-refractivity contribution in [1.29, 1.82) is 0 Å². The summed E-state index contributed by atoms with van der Waals surface area (Å²) in [4.78, 5) is 29.8. The molecule has 1 aliphatic carbocycles. The zero-order chi connectivity index (χ0) is 24.2. The highest BCUT2D eigenvalue weighted by atomic mass is 19.3. The van der Waals surface area contributed by atoms with Crippen LogP contribution in [0.25, 0.3) is 22.2 Å². The zero-order valence-electron chi connectivity index (χ0n) is 18.9. The second kappa shape index (κ2) is 7.83. The molecular formula is C24H24F2N2O5. The largest absolute Gasteiger partial charge is 0.481 e. The summed E-state index contributed by atoms with van der Waals surface area (Å²) in [5.74, 6) is -1.96. The molecule has 0 saturated heterocycles. The lowest BCUT2D eigenvalue weighted by atomic mass is 9.67. The number of ether oxygens (including phenoxy) is 2. The molecule has 1 aromatic carbocycles. The Balaban J connectivity index is 2.21. The average Bonchev–Trinajstić information content (AvgIpc) is 2.73. The van der Waals surface area contributed by atoms with Gasteiger partial charge in [0.2, 0.25) is 11.3 Å². The molecule has 0 amide bonds. The Morgan fingerprint density at radius 1 is 1.33 bits per heavy atom. The minimum atomic E-state index is -3.06. The molecule has 0 fully saturated rings. The number of alkyl halides is 2. The number of benzene rings is 1. The molecule has 1 atom stereocenters. The molecule has 0 spiro atoms. The Morgan fingerprint density at radius 2 is 2.03 bits per heavy atom. The lowest BCUT2D eigenvalue weighted by Gasteiger charge is -2.38. The fraction of sp³-hybridized carbons (Fsp3) is 0.375. The minimum Gasteiger partial charge on any atom is -0.481 e. The molecule has 174 valence electrons. The van der Waals surface area contributed by atoms with Gasteiger partial charge in [0.1, 0.15) is 5.52 Å². The molecule has 33 heavy (non-hydrogen) atoms. The third kappa shape index (κ3) is 3.51. The normalized spacial score (nSPS) is 15.3. The van der Waals surface area contributed by atoms with E-state index in [1.54, 1.807) is 19.2 Å². The molecule has 7 nitrogen and oxygen atoms in total. The molecule has 1 N–H and O–H groups in total. The summed E-state index contributed by atoms with van der Waals surface area (Å²) in [5, 5.41) is 10.4. The van der Waals surface area contributed by atoms with Gasteiger partial charge in [-0.15, -0.1) is 0 Å². The lowest BCUT2D eigenvalue weighted by molar-refractivity contribution is -0.0489. The van der Waals surface area contributed by atoms with Gasteiger partial charge in [-0.05, 0) is 35.4 Å². The van der Waals surface area contributed by atoms with E-state index in [2.05, 4.69) is 4.98 Å². The van der Waals surface area contributed by atoms with Crippen LogP contribution in [-0.4, -0.2) is 34.3 Å². The standard InChI is InChI=1S/C24H24F2N2O5/c1-24(2,3)14-9-12-11-7-6-8-27-18(11)15(33-23(25)26)10-13(12)19-16(14)20(29)17(22(30)31)21(32-5)28(19)4/h6-8,10,14,23H,9H2,1-5H3,(H,30,31). The summed E-state index contributed by atoms with van der Waals surface area (Å²) >= 11 is 0. The van der Waals surface area contributed by atoms with Crippen molar-refractivity contribution in [3.8, 4) is 22.9 Å². The third-order valence-electron chi connectivity index (χ3n) is 6.23. The highest BCUT2D eigenvalue weighted by molar-refractivity contribution is 5.96. The quantitative estimate of drug-likeness (QED) is 0.615. The number of aromatic nitrogens is 2. The predicted molar refractivity (Wildman–Crippen MR) is 118 cm³/mol. The first-order valence-corrected chi connectivity index (χ1v) is 10.4. The van der Waals surface area contributed by atoms with Crippen molar-refractivity contribution in [2.45, 2.75) is 39.7 Å². The monoisotopic (exact) mass is 458 g/mol. The van der Waals surface area contributed by atoms with Crippen molar-refractivity contribution in [3.05, 3.63) is 51.3 Å². The number of nitrogens with zero attached hydrogens (tertiary/aromatic N) is 2. The van der Waals surface area contributed by atoms with Crippen LogP contribution in [-0.2, 0) is 13.5 Å². The molecule has 2 heterocycles. The van der Waals surface area contributed by atoms with Gasteiger partial charge in [0.25, 0.3) is 0 Å². The molecule has 0 bridgehead atoms. The van der Waals surface area contributed by atoms with Gasteiger partial charge in [-0.25, -0.2) is 4.79 Å². The smallest absolute Gasteiger partial charge is 0.387 e. The Labute approximate surface area is 188 Å². The van der Waals surface area contributed by atoms with E-state index < -0.39 is 29.0 Å². The highest BCUT2D eigenvalue weighted by Crippen LogP contribution is 2.50. The van der Waals surface area contributed by atoms with E-state index in [-0.39, 0.29) is 17.5 Å². The van der Waals surface area contributed by atoms with E-state index >= 15 is 0 Å². The van der Waals surface area contributed by atoms with E-state index in [0.717, 1.165) is 5.56 Å². The van der Waals surface area contributed by atoms with Gasteiger partial charge < -0.3 is 19.1 Å². The van der Waals surface area contributed by atoms with Gasteiger partial charge in [0, 0.05) is 29.8 Å². The number of rotatable bonds is 4. The SMILES string of the molecule is COc1c(C(=O)O)c(=O)c2c(n1C)-c1cc(OC(F)F)c3ncccc3c1CC2C(C)(C)C. The number of hydrogen-bond acceptors (Lipinski definition) is 5. The first-order valence-electron chi connectivity index (χ1n) is 10.4. The van der Waals surface area contributed by atoms with Crippen molar-refractivity contribution in [2.75, 3.05) is 7.11 Å². The number of pyridine rings is 2. The topological polar surface area (TPSA) is 90.7 Å². The highest BCUT2D eigenvalue weighted by Gasteiger charge is 2.40. The van der Waals surface area contributed by atoms with Gasteiger partial charge in [0.05, 0.1) is 12.8 Å². The maximum atomic E-state index is 13.5. The van der Waals surface area contributed by atoms with E-state index in [4.69, 9.17) is 9.47 Å². The van der Waals surface area contributed by atoms with Crippen LogP contribution >= 0.6 is 0 Å². The number of halogens is 2. The molecule has 2 aromatic heterocycles. The Morgan fingerprint density at radius 3 is 2.61 bits per heavy atom. The predicted octanol–water partition coefficient (Wildman–Crippen LogP) is 4.59. The summed E-state index contributed by atoms with van der Waals surface area (Å²) < 4.78 is 38.0.